The second-order valence-electron chi connectivity index (χ2n) is 8.42. The van der Waals surface area contributed by atoms with Gasteiger partial charge in [-0.05, 0) is 56.4 Å². The summed E-state index contributed by atoms with van der Waals surface area (Å²) in [6.07, 6.45) is 2.14. The lowest BCUT2D eigenvalue weighted by atomic mass is 10.1. The summed E-state index contributed by atoms with van der Waals surface area (Å²) in [5, 5.41) is 13.9. The lowest BCUT2D eigenvalue weighted by Crippen LogP contribution is -2.42. The molecule has 0 spiro atoms. The zero-order valence-corrected chi connectivity index (χ0v) is 20.2. The molecule has 10 heteroatoms. The van der Waals surface area contributed by atoms with E-state index in [0.717, 1.165) is 34.0 Å². The van der Waals surface area contributed by atoms with Crippen LogP contribution in [0.2, 0.25) is 5.02 Å². The Balaban J connectivity index is 0.000000219. The Morgan fingerprint density at radius 3 is 2.61 bits per heavy atom. The van der Waals surface area contributed by atoms with Crippen molar-refractivity contribution >= 4 is 34.8 Å². The van der Waals surface area contributed by atoms with Crippen LogP contribution in [0.3, 0.4) is 0 Å². The molecule has 2 aliphatic rings. The number of aryl methyl sites for hydroxylation is 3. The van der Waals surface area contributed by atoms with Crippen molar-refractivity contribution in [2.45, 2.75) is 38.8 Å². The fourth-order valence-corrected chi connectivity index (χ4v) is 5.51. The minimum Gasteiger partial charge on any atom is -0.477 e. The first-order valence-corrected chi connectivity index (χ1v) is 11.9. The van der Waals surface area contributed by atoms with Gasteiger partial charge in [0.25, 0.3) is 5.91 Å². The van der Waals surface area contributed by atoms with Gasteiger partial charge in [0.1, 0.15) is 11.4 Å². The fraction of sp³-hybridized carbons (Fsp3) is 0.391. The number of likely N-dealkylation sites (tertiary alicyclic amines) is 1. The van der Waals surface area contributed by atoms with E-state index < -0.39 is 5.97 Å². The van der Waals surface area contributed by atoms with Gasteiger partial charge in [-0.2, -0.15) is 5.10 Å². The molecule has 1 aromatic carbocycles. The summed E-state index contributed by atoms with van der Waals surface area (Å²) in [7, 11) is 1.61. The molecule has 3 atom stereocenters. The average Bonchev–Trinajstić information content (AvgIpc) is 3.07. The number of carboxylic acids is 1. The van der Waals surface area contributed by atoms with E-state index in [1.165, 1.54) is 22.1 Å². The van der Waals surface area contributed by atoms with Gasteiger partial charge in [-0.1, -0.05) is 23.7 Å². The number of thiazole rings is 1. The van der Waals surface area contributed by atoms with Crippen molar-refractivity contribution in [2.24, 2.45) is 18.7 Å². The van der Waals surface area contributed by atoms with Crippen molar-refractivity contribution in [2.75, 3.05) is 6.54 Å². The molecule has 1 aliphatic heterocycles. The third-order valence-corrected chi connectivity index (χ3v) is 7.22. The first kappa shape index (κ1) is 23.4. The van der Waals surface area contributed by atoms with Crippen molar-refractivity contribution < 1.29 is 14.7 Å². The van der Waals surface area contributed by atoms with Crippen LogP contribution in [0.15, 0.2) is 30.3 Å². The number of hydrogen-bond donors (Lipinski definition) is 2. The number of aromatic carboxylic acids is 1. The standard InChI is InChI=1S/C17H18ClN3OS.C6H8N2O2/c1-9-20-15(16(23-9)10-3-2-4-12(18)5-10)17(22)21-13(8-19)6-11-7-14(11)21;1-4-3-5(6(9)10)8(2)7-4/h2-5,11,13-14H,6-8,19H2,1H3;3H,1-2H3,(H,9,10)/t11-,13+,14+;/m1./s1. The number of fused-ring (bicyclic) bond motifs is 1. The molecular formula is C23H26ClN5O3S. The van der Waals surface area contributed by atoms with E-state index in [-0.39, 0.29) is 17.6 Å². The molecule has 0 bridgehead atoms. The number of nitrogens with two attached hydrogens (primary N) is 1. The largest absolute Gasteiger partial charge is 0.477 e. The Bertz CT molecular complexity index is 1210. The summed E-state index contributed by atoms with van der Waals surface area (Å²) < 4.78 is 1.34. The van der Waals surface area contributed by atoms with Crippen molar-refractivity contribution in [1.82, 2.24) is 19.7 Å². The maximum atomic E-state index is 13.1. The highest BCUT2D eigenvalue weighted by Gasteiger charge is 2.54. The minimum absolute atomic E-state index is 0.0183. The van der Waals surface area contributed by atoms with E-state index in [1.807, 2.05) is 36.1 Å². The quantitative estimate of drug-likeness (QED) is 0.579. The second-order valence-corrected chi connectivity index (χ2v) is 10.1. The molecule has 2 aromatic heterocycles. The number of hydrogen-bond acceptors (Lipinski definition) is 6. The minimum atomic E-state index is -0.942. The van der Waals surface area contributed by atoms with Crippen LogP contribution in [0.5, 0.6) is 0 Å². The zero-order valence-electron chi connectivity index (χ0n) is 18.7. The third-order valence-electron chi connectivity index (χ3n) is 5.96. The lowest BCUT2D eigenvalue weighted by Gasteiger charge is -2.26. The highest BCUT2D eigenvalue weighted by molar-refractivity contribution is 7.15. The van der Waals surface area contributed by atoms with Gasteiger partial charge in [0, 0.05) is 30.7 Å². The van der Waals surface area contributed by atoms with Crippen molar-refractivity contribution in [3.63, 3.8) is 0 Å². The number of piperidine rings is 1. The highest BCUT2D eigenvalue weighted by atomic mass is 35.5. The van der Waals surface area contributed by atoms with E-state index >= 15 is 0 Å². The van der Waals surface area contributed by atoms with Crippen LogP contribution in [0.4, 0.5) is 0 Å². The van der Waals surface area contributed by atoms with Crippen LogP contribution < -0.4 is 5.73 Å². The van der Waals surface area contributed by atoms with E-state index in [1.54, 1.807) is 14.0 Å². The molecule has 1 amide bonds. The third kappa shape index (κ3) is 4.80. The monoisotopic (exact) mass is 487 g/mol. The molecule has 33 heavy (non-hydrogen) atoms. The van der Waals surface area contributed by atoms with Crippen LogP contribution in [-0.4, -0.2) is 55.3 Å². The number of nitrogens with zero attached hydrogens (tertiary/aromatic N) is 4. The van der Waals surface area contributed by atoms with Crippen molar-refractivity contribution in [1.29, 1.82) is 0 Å². The van der Waals surface area contributed by atoms with Gasteiger partial charge >= 0.3 is 5.97 Å². The van der Waals surface area contributed by atoms with Gasteiger partial charge < -0.3 is 15.7 Å². The first-order chi connectivity index (χ1) is 15.7. The van der Waals surface area contributed by atoms with Gasteiger partial charge in [0.05, 0.1) is 15.6 Å². The Kier molecular flexibility index (Phi) is 6.56. The Labute approximate surface area is 201 Å². The zero-order chi connectivity index (χ0) is 23.9. The number of carboxylic acid groups (broad SMARTS) is 1. The molecule has 1 saturated carbocycles. The Hall–Kier alpha value is -2.75. The summed E-state index contributed by atoms with van der Waals surface area (Å²) in [6, 6.07) is 9.64. The second kappa shape index (κ2) is 9.24. The molecule has 3 aromatic rings. The SMILES string of the molecule is Cc1cc(C(=O)O)n(C)n1.Cc1nc(C(=O)N2[C@H](CN)C[C@@H]3C[C@@H]32)c(-c2cccc(Cl)c2)s1. The summed E-state index contributed by atoms with van der Waals surface area (Å²) in [5.74, 6) is -0.283. The van der Waals surface area contributed by atoms with E-state index in [9.17, 15) is 9.59 Å². The van der Waals surface area contributed by atoms with Gasteiger partial charge in [-0.25, -0.2) is 9.78 Å². The molecule has 0 unspecified atom stereocenters. The molecule has 3 heterocycles. The van der Waals surface area contributed by atoms with Crippen LogP contribution in [-0.2, 0) is 7.05 Å². The Morgan fingerprint density at radius 1 is 1.27 bits per heavy atom. The number of aromatic nitrogens is 3. The van der Waals surface area contributed by atoms with Gasteiger partial charge in [0.2, 0.25) is 0 Å². The number of benzene rings is 1. The van der Waals surface area contributed by atoms with Crippen LogP contribution >= 0.6 is 22.9 Å². The molecule has 0 radical (unpaired) electrons. The number of halogens is 1. The Morgan fingerprint density at radius 2 is 2.03 bits per heavy atom. The predicted octanol–water partition coefficient (Wildman–Crippen LogP) is 3.76. The molecule has 1 saturated heterocycles. The normalized spacial score (nSPS) is 20.8. The highest BCUT2D eigenvalue weighted by Crippen LogP contribution is 2.48. The first-order valence-electron chi connectivity index (χ1n) is 10.7. The van der Waals surface area contributed by atoms with Gasteiger partial charge in [-0.15, -0.1) is 11.3 Å². The van der Waals surface area contributed by atoms with Gasteiger partial charge in [-0.3, -0.25) is 9.48 Å². The lowest BCUT2D eigenvalue weighted by molar-refractivity contribution is 0.0680. The number of carbonyl (C=O) groups excluding carboxylic acids is 1. The maximum Gasteiger partial charge on any atom is 0.354 e. The van der Waals surface area contributed by atoms with Crippen molar-refractivity contribution in [3.8, 4) is 10.4 Å². The summed E-state index contributed by atoms with van der Waals surface area (Å²) in [4.78, 5) is 30.9. The molecule has 5 rings (SSSR count). The average molecular weight is 488 g/mol. The molecule has 2 fully saturated rings. The number of amides is 1. The summed E-state index contributed by atoms with van der Waals surface area (Å²) in [5.41, 5.74) is 8.30. The molecular weight excluding hydrogens is 462 g/mol. The maximum absolute atomic E-state index is 13.1. The van der Waals surface area contributed by atoms with Crippen LogP contribution in [0, 0.1) is 19.8 Å². The topological polar surface area (TPSA) is 114 Å². The van der Waals surface area contributed by atoms with E-state index in [0.29, 0.717) is 29.2 Å². The molecule has 3 N–H and O–H groups in total. The smallest absolute Gasteiger partial charge is 0.354 e. The summed E-state index contributed by atoms with van der Waals surface area (Å²) in [6.45, 7) is 4.21. The van der Waals surface area contributed by atoms with Gasteiger partial charge in [0.15, 0.2) is 0 Å². The number of carbonyl (C=O) groups is 2. The van der Waals surface area contributed by atoms with Crippen LogP contribution in [0.1, 0.15) is 44.5 Å². The fourth-order valence-electron chi connectivity index (χ4n) is 4.42. The van der Waals surface area contributed by atoms with E-state index in [4.69, 9.17) is 22.4 Å². The number of rotatable bonds is 4. The molecule has 8 nitrogen and oxygen atoms in total. The van der Waals surface area contributed by atoms with Crippen molar-refractivity contribution in [3.05, 3.63) is 57.4 Å². The predicted molar refractivity (Wildman–Crippen MR) is 128 cm³/mol. The molecule has 1 aliphatic carbocycles. The molecule has 174 valence electrons. The summed E-state index contributed by atoms with van der Waals surface area (Å²) >= 11 is 7.65. The van der Waals surface area contributed by atoms with E-state index in [2.05, 4.69) is 10.1 Å². The van der Waals surface area contributed by atoms with Crippen LogP contribution in [0.25, 0.3) is 10.4 Å².